The molecular weight excluding hydrogens is 450 g/mol. The Morgan fingerprint density at radius 3 is 2.44 bits per heavy atom. The molecule has 34 heavy (non-hydrogen) atoms. The zero-order chi connectivity index (χ0) is 23.7. The van der Waals surface area contributed by atoms with E-state index < -0.39 is 10.0 Å². The molecule has 5 rings (SSSR count). The number of fused-ring (bicyclic) bond motifs is 1. The number of para-hydroxylation sites is 1. The molecule has 1 fully saturated rings. The van der Waals surface area contributed by atoms with Gasteiger partial charge in [0.25, 0.3) is 5.91 Å². The van der Waals surface area contributed by atoms with Crippen molar-refractivity contribution in [2.45, 2.75) is 31.1 Å². The fourth-order valence-electron chi connectivity index (χ4n) is 4.20. The van der Waals surface area contributed by atoms with Gasteiger partial charge in [-0.25, -0.2) is 18.1 Å². The normalized spacial score (nSPS) is 14.9. The minimum absolute atomic E-state index is 0.235. The quantitative estimate of drug-likeness (QED) is 0.468. The Balaban J connectivity index is 1.33. The summed E-state index contributed by atoms with van der Waals surface area (Å²) < 4.78 is 28.8. The number of pyridine rings is 1. The van der Waals surface area contributed by atoms with Gasteiger partial charge in [0.2, 0.25) is 10.0 Å². The van der Waals surface area contributed by atoms with Gasteiger partial charge in [0.15, 0.2) is 5.82 Å². The van der Waals surface area contributed by atoms with Gasteiger partial charge in [-0.15, -0.1) is 0 Å². The number of sulfonamides is 1. The molecule has 0 aliphatic carbocycles. The topological polar surface area (TPSA) is 97.2 Å². The second-order valence-corrected chi connectivity index (χ2v) is 10.3. The molecule has 4 aromatic rings. The van der Waals surface area contributed by atoms with E-state index >= 15 is 0 Å². The van der Waals surface area contributed by atoms with Crippen LogP contribution in [0.3, 0.4) is 0 Å². The Morgan fingerprint density at radius 1 is 0.941 bits per heavy atom. The van der Waals surface area contributed by atoms with Crippen molar-refractivity contribution in [1.29, 1.82) is 0 Å². The van der Waals surface area contributed by atoms with Crippen molar-refractivity contribution in [2.24, 2.45) is 0 Å². The molecule has 3 heterocycles. The average molecular weight is 476 g/mol. The molecule has 1 saturated heterocycles. The number of carbonyl (C=O) groups excluding carboxylic acids is 1. The van der Waals surface area contributed by atoms with Gasteiger partial charge >= 0.3 is 0 Å². The molecule has 8 nitrogen and oxygen atoms in total. The van der Waals surface area contributed by atoms with Gasteiger partial charge in [0, 0.05) is 24.2 Å². The molecule has 0 bridgehead atoms. The number of hydrogen-bond acceptors (Lipinski definition) is 5. The lowest BCUT2D eigenvalue weighted by Crippen LogP contribution is -2.35. The predicted octanol–water partition coefficient (Wildman–Crippen LogP) is 4.16. The maximum Gasteiger partial charge on any atom is 0.259 e. The Morgan fingerprint density at radius 2 is 1.68 bits per heavy atom. The van der Waals surface area contributed by atoms with Crippen LogP contribution in [0, 0.1) is 6.92 Å². The SMILES string of the molecule is Cc1c(C(=O)Nc2ccc(S(=O)(=O)N3CCCCC3)cc2)cnn1-c1ccc2ccccc2n1. The van der Waals surface area contributed by atoms with Gasteiger partial charge in [0.1, 0.15) is 0 Å². The van der Waals surface area contributed by atoms with Crippen LogP contribution in [0.2, 0.25) is 0 Å². The molecule has 1 N–H and O–H groups in total. The van der Waals surface area contributed by atoms with Crippen LogP contribution in [0.25, 0.3) is 16.7 Å². The van der Waals surface area contributed by atoms with Crippen LogP contribution in [-0.4, -0.2) is 46.5 Å². The van der Waals surface area contributed by atoms with Crippen LogP contribution in [0.1, 0.15) is 35.3 Å². The molecule has 174 valence electrons. The average Bonchev–Trinajstić information content (AvgIpc) is 3.26. The molecule has 0 spiro atoms. The van der Waals surface area contributed by atoms with E-state index in [4.69, 9.17) is 0 Å². The number of hydrogen-bond donors (Lipinski definition) is 1. The van der Waals surface area contributed by atoms with E-state index in [-0.39, 0.29) is 10.8 Å². The van der Waals surface area contributed by atoms with Crippen molar-refractivity contribution in [3.63, 3.8) is 0 Å². The molecule has 1 aliphatic heterocycles. The highest BCUT2D eigenvalue weighted by molar-refractivity contribution is 7.89. The van der Waals surface area contributed by atoms with Gasteiger partial charge in [-0.1, -0.05) is 24.6 Å². The first kappa shape index (κ1) is 22.2. The lowest BCUT2D eigenvalue weighted by molar-refractivity contribution is 0.102. The van der Waals surface area contributed by atoms with Crippen molar-refractivity contribution in [3.05, 3.63) is 78.1 Å². The number of nitrogens with zero attached hydrogens (tertiary/aromatic N) is 4. The summed E-state index contributed by atoms with van der Waals surface area (Å²) in [7, 11) is -3.51. The Bertz CT molecular complexity index is 1460. The highest BCUT2D eigenvalue weighted by atomic mass is 32.2. The summed E-state index contributed by atoms with van der Waals surface area (Å²) in [4.78, 5) is 17.8. The molecule has 0 atom stereocenters. The van der Waals surface area contributed by atoms with Crippen LogP contribution < -0.4 is 5.32 Å². The summed E-state index contributed by atoms with van der Waals surface area (Å²) in [6, 6.07) is 17.9. The number of aromatic nitrogens is 3. The number of amides is 1. The third kappa shape index (κ3) is 4.20. The first-order valence-corrected chi connectivity index (χ1v) is 12.7. The minimum atomic E-state index is -3.51. The van der Waals surface area contributed by atoms with E-state index in [2.05, 4.69) is 15.4 Å². The maximum absolute atomic E-state index is 12.9. The van der Waals surface area contributed by atoms with E-state index in [0.29, 0.717) is 35.9 Å². The number of piperidine rings is 1. The Labute approximate surface area is 198 Å². The van der Waals surface area contributed by atoms with Crippen LogP contribution >= 0.6 is 0 Å². The molecular formula is C25H25N5O3S. The molecule has 2 aromatic carbocycles. The number of carbonyl (C=O) groups is 1. The highest BCUT2D eigenvalue weighted by Crippen LogP contribution is 2.23. The fourth-order valence-corrected chi connectivity index (χ4v) is 5.72. The molecule has 0 radical (unpaired) electrons. The summed E-state index contributed by atoms with van der Waals surface area (Å²) >= 11 is 0. The largest absolute Gasteiger partial charge is 0.322 e. The van der Waals surface area contributed by atoms with Crippen LogP contribution in [-0.2, 0) is 10.0 Å². The minimum Gasteiger partial charge on any atom is -0.322 e. The zero-order valence-corrected chi connectivity index (χ0v) is 19.6. The third-order valence-corrected chi connectivity index (χ3v) is 8.03. The van der Waals surface area contributed by atoms with E-state index in [9.17, 15) is 13.2 Å². The van der Waals surface area contributed by atoms with Gasteiger partial charge in [-0.05, 0) is 62.2 Å². The van der Waals surface area contributed by atoms with Crippen molar-refractivity contribution in [2.75, 3.05) is 18.4 Å². The van der Waals surface area contributed by atoms with Crippen molar-refractivity contribution in [3.8, 4) is 5.82 Å². The summed E-state index contributed by atoms with van der Waals surface area (Å²) in [5.41, 5.74) is 2.43. The second-order valence-electron chi connectivity index (χ2n) is 8.36. The molecule has 0 saturated carbocycles. The second kappa shape index (κ2) is 9.00. The lowest BCUT2D eigenvalue weighted by atomic mass is 10.2. The first-order valence-electron chi connectivity index (χ1n) is 11.3. The fraction of sp³-hybridized carbons (Fsp3) is 0.240. The monoisotopic (exact) mass is 475 g/mol. The molecule has 2 aromatic heterocycles. The summed E-state index contributed by atoms with van der Waals surface area (Å²) in [5, 5.41) is 8.22. The van der Waals surface area contributed by atoms with Gasteiger partial charge in [0.05, 0.1) is 27.9 Å². The molecule has 0 unspecified atom stereocenters. The lowest BCUT2D eigenvalue weighted by Gasteiger charge is -2.25. The number of anilines is 1. The van der Waals surface area contributed by atoms with Gasteiger partial charge in [-0.3, -0.25) is 4.79 Å². The molecule has 1 amide bonds. The van der Waals surface area contributed by atoms with Gasteiger partial charge < -0.3 is 5.32 Å². The maximum atomic E-state index is 12.9. The predicted molar refractivity (Wildman–Crippen MR) is 131 cm³/mol. The van der Waals surface area contributed by atoms with Crippen molar-refractivity contribution < 1.29 is 13.2 Å². The Hall–Kier alpha value is -3.56. The Kier molecular flexibility index (Phi) is 5.89. The van der Waals surface area contributed by atoms with E-state index in [1.165, 1.54) is 22.6 Å². The van der Waals surface area contributed by atoms with Gasteiger partial charge in [-0.2, -0.15) is 9.40 Å². The highest BCUT2D eigenvalue weighted by Gasteiger charge is 2.26. The van der Waals surface area contributed by atoms with Crippen LogP contribution in [0.4, 0.5) is 5.69 Å². The van der Waals surface area contributed by atoms with E-state index in [1.54, 1.807) is 16.8 Å². The number of benzene rings is 2. The summed E-state index contributed by atoms with van der Waals surface area (Å²) in [6.45, 7) is 2.92. The van der Waals surface area contributed by atoms with Crippen molar-refractivity contribution >= 4 is 32.5 Å². The number of nitrogens with one attached hydrogen (secondary N) is 1. The first-order chi connectivity index (χ1) is 16.4. The van der Waals surface area contributed by atoms with Crippen LogP contribution in [0.5, 0.6) is 0 Å². The summed E-state index contributed by atoms with van der Waals surface area (Å²) in [6.07, 6.45) is 4.34. The number of rotatable bonds is 5. The zero-order valence-electron chi connectivity index (χ0n) is 18.8. The van der Waals surface area contributed by atoms with Crippen molar-refractivity contribution in [1.82, 2.24) is 19.1 Å². The van der Waals surface area contributed by atoms with E-state index in [0.717, 1.165) is 30.2 Å². The van der Waals surface area contributed by atoms with Crippen LogP contribution in [0.15, 0.2) is 71.8 Å². The molecule has 1 aliphatic rings. The van der Waals surface area contributed by atoms with E-state index in [1.807, 2.05) is 43.3 Å². The summed E-state index contributed by atoms with van der Waals surface area (Å²) in [5.74, 6) is 0.304. The third-order valence-electron chi connectivity index (χ3n) is 6.12. The standard InChI is InChI=1S/C25H25N5O3S/c1-18-22(17-26-30(18)24-14-9-19-7-3-4-8-23(19)28-24)25(31)27-20-10-12-21(13-11-20)34(32,33)29-15-5-2-6-16-29/h3-4,7-14,17H,2,5-6,15-16H2,1H3,(H,27,31). The smallest absolute Gasteiger partial charge is 0.259 e. The molecule has 9 heteroatoms.